The number of rotatable bonds is 13. The minimum Gasteiger partial charge on any atom is -0.492 e. The van der Waals surface area contributed by atoms with Crippen molar-refractivity contribution < 1.29 is 18.7 Å². The van der Waals surface area contributed by atoms with Crippen molar-refractivity contribution in [2.45, 2.75) is 25.2 Å². The molecule has 0 unspecified atom stereocenters. The van der Waals surface area contributed by atoms with Crippen molar-refractivity contribution in [3.8, 4) is 5.75 Å². The lowest BCUT2D eigenvalue weighted by Gasteiger charge is -2.46. The molecule has 1 aliphatic carbocycles. The fourth-order valence-corrected chi connectivity index (χ4v) is 5.02. The van der Waals surface area contributed by atoms with Crippen LogP contribution >= 0.6 is 0 Å². The summed E-state index contributed by atoms with van der Waals surface area (Å²) < 4.78 is 21.0. The van der Waals surface area contributed by atoms with E-state index in [0.29, 0.717) is 42.4 Å². The van der Waals surface area contributed by atoms with Crippen LogP contribution in [0, 0.1) is 5.82 Å². The van der Waals surface area contributed by atoms with Gasteiger partial charge in [-0.1, -0.05) is 53.8 Å². The van der Waals surface area contributed by atoms with Crippen LogP contribution in [-0.4, -0.2) is 45.4 Å². The summed E-state index contributed by atoms with van der Waals surface area (Å²) in [5.74, 6) is 0.0957. The average Bonchev–Trinajstić information content (AvgIpc) is 3.76. The minimum absolute atomic E-state index is 0.0924. The van der Waals surface area contributed by atoms with Gasteiger partial charge in [0, 0.05) is 29.6 Å². The summed E-state index contributed by atoms with van der Waals surface area (Å²) >= 11 is 0. The molecule has 3 aromatic carbocycles. The number of amides is 1. The van der Waals surface area contributed by atoms with Gasteiger partial charge in [0.05, 0.1) is 18.3 Å². The molecular formula is C36H30FN5O3. The number of hydrogen-bond acceptors (Lipinski definition) is 6. The van der Waals surface area contributed by atoms with Crippen molar-refractivity contribution in [2.75, 3.05) is 11.5 Å². The van der Waals surface area contributed by atoms with E-state index in [2.05, 4.69) is 21.4 Å². The van der Waals surface area contributed by atoms with Gasteiger partial charge in [0.2, 0.25) is 5.91 Å². The molecular weight excluding hydrogens is 569 g/mol. The first-order chi connectivity index (χ1) is 22.0. The van der Waals surface area contributed by atoms with Gasteiger partial charge in [-0.2, -0.15) is 0 Å². The zero-order chi connectivity index (χ0) is 31.0. The Labute approximate surface area is 260 Å². The second kappa shape index (κ2) is 13.8. The number of hydrogen-bond donors (Lipinski definition) is 1. The summed E-state index contributed by atoms with van der Waals surface area (Å²) in [6.45, 7) is 1.17. The lowest BCUT2D eigenvalue weighted by atomic mass is 9.92. The standard InChI is InChI=1S/C36H30FN5O3/c37-29-14-16-31(17-15-29)42-33(20-10-26-6-2-1-3-7-26)35(36(42)44)38-24-30-25-41(40-39-30)22-23-45-32-18-12-28(13-19-32)34(43)21-11-27-8-4-5-9-27/h1-8,10-21,25,33,35,38H,22-24H2/b20-10+,21-11+/t33-,35+/m1/s1. The molecule has 8 nitrogen and oxygen atoms in total. The number of nitrogens with zero attached hydrogens (tertiary/aromatic N) is 4. The third-order valence-electron chi connectivity index (χ3n) is 7.39. The van der Waals surface area contributed by atoms with Gasteiger partial charge in [0.1, 0.15) is 24.2 Å². The summed E-state index contributed by atoms with van der Waals surface area (Å²) in [6, 6.07) is 22.0. The number of aromatic nitrogens is 3. The number of carbonyl (C=O) groups excluding carboxylic acids is 2. The molecule has 2 heterocycles. The molecule has 9 heteroatoms. The van der Waals surface area contributed by atoms with Gasteiger partial charge in [-0.05, 0) is 78.4 Å². The smallest absolute Gasteiger partial charge is 0.247 e. The van der Waals surface area contributed by atoms with Gasteiger partial charge in [0.25, 0.3) is 0 Å². The quantitative estimate of drug-likeness (QED) is 0.0949. The normalized spacial score (nSPS) is 17.3. The van der Waals surface area contributed by atoms with Crippen molar-refractivity contribution in [3.05, 3.63) is 155 Å². The van der Waals surface area contributed by atoms with Crippen molar-refractivity contribution in [1.82, 2.24) is 20.3 Å². The van der Waals surface area contributed by atoms with Crippen LogP contribution in [0.5, 0.6) is 5.75 Å². The van der Waals surface area contributed by atoms with Crippen molar-refractivity contribution in [2.24, 2.45) is 0 Å². The molecule has 1 N–H and O–H groups in total. The van der Waals surface area contributed by atoms with Gasteiger partial charge < -0.3 is 9.64 Å². The van der Waals surface area contributed by atoms with Gasteiger partial charge in [-0.3, -0.25) is 14.9 Å². The number of nitrogens with one attached hydrogen (secondary N) is 1. The Balaban J connectivity index is 1.01. The number of carbonyl (C=O) groups is 2. The molecule has 1 saturated heterocycles. The first kappa shape index (κ1) is 29.4. The van der Waals surface area contributed by atoms with Gasteiger partial charge in [0.15, 0.2) is 5.78 Å². The predicted octanol–water partition coefficient (Wildman–Crippen LogP) is 5.47. The molecule has 0 spiro atoms. The Bertz CT molecular complexity index is 1820. The predicted molar refractivity (Wildman–Crippen MR) is 170 cm³/mol. The SMILES string of the molecule is O=C(/C=C/C1=C=CC=C1)c1ccc(OCCn2cc(CN[C@@H]3C(=O)N(c4ccc(F)cc4)[C@@H]3/C=C/c3ccccc3)nn2)cc1. The first-order valence-corrected chi connectivity index (χ1v) is 14.6. The third kappa shape index (κ3) is 7.30. The molecule has 1 fully saturated rings. The van der Waals surface area contributed by atoms with E-state index in [1.54, 1.807) is 58.1 Å². The molecule has 2 atom stereocenters. The van der Waals surface area contributed by atoms with E-state index in [-0.39, 0.29) is 23.5 Å². The number of halogens is 1. The molecule has 0 bridgehead atoms. The minimum atomic E-state index is -0.470. The van der Waals surface area contributed by atoms with E-state index in [1.807, 2.05) is 60.8 Å². The van der Waals surface area contributed by atoms with Crippen molar-refractivity contribution in [3.63, 3.8) is 0 Å². The summed E-state index contributed by atoms with van der Waals surface area (Å²) in [6.07, 6.45) is 14.6. The molecule has 45 heavy (non-hydrogen) atoms. The monoisotopic (exact) mass is 599 g/mol. The summed E-state index contributed by atoms with van der Waals surface area (Å²) in [5, 5.41) is 11.7. The summed E-state index contributed by atoms with van der Waals surface area (Å²) in [4.78, 5) is 27.2. The van der Waals surface area contributed by atoms with Crippen molar-refractivity contribution in [1.29, 1.82) is 0 Å². The van der Waals surface area contributed by atoms with E-state index in [1.165, 1.54) is 18.2 Å². The highest BCUT2D eigenvalue weighted by atomic mass is 19.1. The van der Waals surface area contributed by atoms with Gasteiger partial charge >= 0.3 is 0 Å². The average molecular weight is 600 g/mol. The fourth-order valence-electron chi connectivity index (χ4n) is 5.02. The van der Waals surface area contributed by atoms with E-state index >= 15 is 0 Å². The zero-order valence-corrected chi connectivity index (χ0v) is 24.3. The number of ether oxygens (including phenoxy) is 1. The second-order valence-corrected chi connectivity index (χ2v) is 10.5. The lowest BCUT2D eigenvalue weighted by molar-refractivity contribution is -0.126. The van der Waals surface area contributed by atoms with Crippen LogP contribution in [0.1, 0.15) is 21.6 Å². The Morgan fingerprint density at radius 3 is 2.58 bits per heavy atom. The molecule has 0 saturated carbocycles. The largest absolute Gasteiger partial charge is 0.492 e. The highest BCUT2D eigenvalue weighted by Crippen LogP contribution is 2.30. The number of β-lactam (4-membered cyclic amide) rings is 1. The maximum atomic E-state index is 13.5. The number of allylic oxidation sites excluding steroid dienone is 5. The molecule has 0 radical (unpaired) electrons. The van der Waals surface area contributed by atoms with Crippen LogP contribution in [0.2, 0.25) is 0 Å². The second-order valence-electron chi connectivity index (χ2n) is 10.5. The molecule has 224 valence electrons. The zero-order valence-electron chi connectivity index (χ0n) is 24.3. The van der Waals surface area contributed by atoms with Gasteiger partial charge in [-0.15, -0.1) is 10.8 Å². The molecule has 1 amide bonds. The van der Waals surface area contributed by atoms with Crippen LogP contribution in [-0.2, 0) is 17.9 Å². The number of ketones is 1. The summed E-state index contributed by atoms with van der Waals surface area (Å²) in [7, 11) is 0. The van der Waals surface area contributed by atoms with Crippen LogP contribution in [0.15, 0.2) is 133 Å². The van der Waals surface area contributed by atoms with Crippen LogP contribution in [0.4, 0.5) is 10.1 Å². The van der Waals surface area contributed by atoms with Crippen molar-refractivity contribution >= 4 is 23.5 Å². The van der Waals surface area contributed by atoms with E-state index in [0.717, 1.165) is 11.1 Å². The number of anilines is 1. The molecule has 1 aliphatic heterocycles. The maximum Gasteiger partial charge on any atom is 0.247 e. The summed E-state index contributed by atoms with van der Waals surface area (Å²) in [5.41, 5.74) is 6.80. The Morgan fingerprint density at radius 1 is 1.02 bits per heavy atom. The Kier molecular flexibility index (Phi) is 9.01. The Hall–Kier alpha value is -5.63. The molecule has 2 aliphatic rings. The van der Waals surface area contributed by atoms with E-state index in [4.69, 9.17) is 4.74 Å². The topological polar surface area (TPSA) is 89.4 Å². The third-order valence-corrected chi connectivity index (χ3v) is 7.39. The highest BCUT2D eigenvalue weighted by Gasteiger charge is 2.46. The van der Waals surface area contributed by atoms with Gasteiger partial charge in [-0.25, -0.2) is 9.07 Å². The molecule has 1 aromatic heterocycles. The van der Waals surface area contributed by atoms with Crippen LogP contribution in [0.25, 0.3) is 6.08 Å². The molecule has 4 aromatic rings. The number of benzene rings is 3. The van der Waals surface area contributed by atoms with Crippen LogP contribution < -0.4 is 15.0 Å². The maximum absolute atomic E-state index is 13.5. The fraction of sp³-hybridized carbons (Fsp3) is 0.139. The lowest BCUT2D eigenvalue weighted by Crippen LogP contribution is -2.69. The Morgan fingerprint density at radius 2 is 1.82 bits per heavy atom. The first-order valence-electron chi connectivity index (χ1n) is 14.6. The van der Waals surface area contributed by atoms with E-state index in [9.17, 15) is 14.0 Å². The van der Waals surface area contributed by atoms with E-state index < -0.39 is 6.04 Å². The molecule has 6 rings (SSSR count). The van der Waals surface area contributed by atoms with Crippen LogP contribution in [0.3, 0.4) is 0 Å². The highest BCUT2D eigenvalue weighted by molar-refractivity contribution is 6.06.